The number of anilines is 1. The molecule has 3 aliphatic rings. The Morgan fingerprint density at radius 1 is 1.13 bits per heavy atom. The summed E-state index contributed by atoms with van der Waals surface area (Å²) in [5.74, 6) is -0.475. The molecule has 12 heteroatoms. The molecule has 0 unspecified atom stereocenters. The normalized spacial score (nSPS) is 29.3. The third-order valence-corrected chi connectivity index (χ3v) is 8.41. The maximum absolute atomic E-state index is 12.7. The van der Waals surface area contributed by atoms with Crippen molar-refractivity contribution in [3.8, 4) is 0 Å². The van der Waals surface area contributed by atoms with Gasteiger partial charge in [0.15, 0.2) is 17.7 Å². The lowest BCUT2D eigenvalue weighted by molar-refractivity contribution is -0.116. The zero-order valence-corrected chi connectivity index (χ0v) is 21.3. The molecule has 2 amide bonds. The number of nitrogens with two attached hydrogens (primary N) is 1. The first-order valence-corrected chi connectivity index (χ1v) is 12.3. The molecule has 6 rings (SSSR count). The van der Waals surface area contributed by atoms with Crippen LogP contribution in [-0.4, -0.2) is 95.3 Å². The second kappa shape index (κ2) is 7.90. The number of hydrogen-bond donors (Lipinski definition) is 3. The third-order valence-electron chi connectivity index (χ3n) is 8.41. The van der Waals surface area contributed by atoms with Gasteiger partial charge in [-0.05, 0) is 24.8 Å². The lowest BCUT2D eigenvalue weighted by atomic mass is 10.0. The van der Waals surface area contributed by atoms with Crippen molar-refractivity contribution in [2.24, 2.45) is 5.41 Å². The second-order valence-corrected chi connectivity index (χ2v) is 10.9. The number of carbonyl (C=O) groups is 2. The van der Waals surface area contributed by atoms with Crippen LogP contribution >= 0.6 is 0 Å². The fourth-order valence-corrected chi connectivity index (χ4v) is 6.26. The summed E-state index contributed by atoms with van der Waals surface area (Å²) < 4.78 is 7.83. The molecule has 4 heterocycles. The number of amides is 2. The van der Waals surface area contributed by atoms with Crippen LogP contribution in [0.3, 0.4) is 0 Å². The van der Waals surface area contributed by atoms with Gasteiger partial charge in [-0.1, -0.05) is 32.6 Å². The van der Waals surface area contributed by atoms with Crippen LogP contribution in [-0.2, 0) is 4.74 Å². The highest BCUT2D eigenvalue weighted by Gasteiger charge is 2.92. The van der Waals surface area contributed by atoms with Crippen LogP contribution < -0.4 is 5.73 Å². The molecule has 2 aliphatic heterocycles. The monoisotopic (exact) mass is 519 g/mol. The number of benzene rings is 1. The van der Waals surface area contributed by atoms with Crippen LogP contribution in [0.5, 0.6) is 0 Å². The summed E-state index contributed by atoms with van der Waals surface area (Å²) >= 11 is 0. The van der Waals surface area contributed by atoms with Gasteiger partial charge in [0.2, 0.25) is 0 Å². The molecule has 2 aromatic heterocycles. The lowest BCUT2D eigenvalue weighted by Crippen LogP contribution is -2.43. The first kappa shape index (κ1) is 24.6. The highest BCUT2D eigenvalue weighted by atomic mass is 16.6. The van der Waals surface area contributed by atoms with Crippen LogP contribution in [0.1, 0.15) is 40.8 Å². The van der Waals surface area contributed by atoms with Gasteiger partial charge in [0.05, 0.1) is 24.0 Å². The predicted molar refractivity (Wildman–Crippen MR) is 136 cm³/mol. The van der Waals surface area contributed by atoms with Crippen molar-refractivity contribution >= 4 is 28.8 Å². The van der Waals surface area contributed by atoms with E-state index in [1.165, 1.54) is 17.6 Å². The maximum atomic E-state index is 12.7. The van der Waals surface area contributed by atoms with Crippen molar-refractivity contribution in [3.63, 3.8) is 0 Å². The molecule has 0 radical (unpaired) electrons. The summed E-state index contributed by atoms with van der Waals surface area (Å²) in [5.41, 5.74) is 4.09. The Balaban J connectivity index is 1.17. The topological polar surface area (TPSA) is 160 Å². The van der Waals surface area contributed by atoms with E-state index in [4.69, 9.17) is 10.5 Å². The molecule has 2 fully saturated rings. The SMILES string of the molecule is C=C(CN(C)C[C@H]1O[C@@H](n2cnc3c(N)ncnc32)[C@@]2(O)C(C)(C)[C@@]12O)CN1C(=O)c2ccccc2C1=O. The molecular formula is C26H29N7O5. The number of imidazole rings is 1. The van der Waals surface area contributed by atoms with E-state index in [0.717, 1.165) is 0 Å². The number of hydrogen-bond acceptors (Lipinski definition) is 10. The molecule has 0 spiro atoms. The minimum absolute atomic E-state index is 0.0761. The quantitative estimate of drug-likeness (QED) is 0.298. The largest absolute Gasteiger partial charge is 0.383 e. The minimum Gasteiger partial charge on any atom is -0.383 e. The molecule has 12 nitrogen and oxygen atoms in total. The number of nitrogen functional groups attached to an aromatic ring is 1. The average molecular weight is 520 g/mol. The Morgan fingerprint density at radius 3 is 2.45 bits per heavy atom. The van der Waals surface area contributed by atoms with Crippen LogP contribution in [0.4, 0.5) is 5.82 Å². The van der Waals surface area contributed by atoms with Crippen LogP contribution in [0.15, 0.2) is 49.1 Å². The molecule has 3 aromatic rings. The van der Waals surface area contributed by atoms with Crippen molar-refractivity contribution in [2.75, 3.05) is 32.4 Å². The van der Waals surface area contributed by atoms with Crippen LogP contribution in [0, 0.1) is 5.41 Å². The van der Waals surface area contributed by atoms with Gasteiger partial charge in [-0.3, -0.25) is 24.0 Å². The van der Waals surface area contributed by atoms with E-state index in [9.17, 15) is 19.8 Å². The molecule has 0 bridgehead atoms. The number of likely N-dealkylation sites (N-methyl/N-ethyl adjacent to an activating group) is 1. The van der Waals surface area contributed by atoms with E-state index in [-0.39, 0.29) is 30.7 Å². The van der Waals surface area contributed by atoms with Crippen molar-refractivity contribution < 1.29 is 24.5 Å². The number of aromatic nitrogens is 4. The third kappa shape index (κ3) is 2.96. The smallest absolute Gasteiger partial charge is 0.261 e. The fraction of sp³-hybridized carbons (Fsp3) is 0.423. The van der Waals surface area contributed by atoms with Gasteiger partial charge in [0.25, 0.3) is 11.8 Å². The van der Waals surface area contributed by atoms with Crippen molar-refractivity contribution in [2.45, 2.75) is 37.4 Å². The first-order valence-electron chi connectivity index (χ1n) is 12.3. The Hall–Kier alpha value is -3.71. The molecule has 198 valence electrons. The van der Waals surface area contributed by atoms with Gasteiger partial charge in [-0.2, -0.15) is 0 Å². The molecule has 38 heavy (non-hydrogen) atoms. The number of rotatable bonds is 7. The Labute approximate surface area is 218 Å². The van der Waals surface area contributed by atoms with Gasteiger partial charge < -0.3 is 20.7 Å². The molecule has 4 atom stereocenters. The van der Waals surface area contributed by atoms with E-state index in [1.54, 1.807) is 42.7 Å². The summed E-state index contributed by atoms with van der Waals surface area (Å²) in [4.78, 5) is 41.0. The van der Waals surface area contributed by atoms with Crippen molar-refractivity contribution in [1.29, 1.82) is 0 Å². The molecule has 1 aromatic carbocycles. The van der Waals surface area contributed by atoms with E-state index >= 15 is 0 Å². The van der Waals surface area contributed by atoms with E-state index in [2.05, 4.69) is 21.5 Å². The highest BCUT2D eigenvalue weighted by molar-refractivity contribution is 6.21. The fourth-order valence-electron chi connectivity index (χ4n) is 6.26. The number of imide groups is 1. The van der Waals surface area contributed by atoms with Crippen LogP contribution in [0.2, 0.25) is 0 Å². The molecule has 1 saturated heterocycles. The number of nitrogens with zero attached hydrogens (tertiary/aromatic N) is 6. The van der Waals surface area contributed by atoms with E-state index < -0.39 is 28.9 Å². The van der Waals surface area contributed by atoms with Gasteiger partial charge in [0.1, 0.15) is 29.2 Å². The standard InChI is InChI=1S/C26H29N7O5/c1-14(10-32-21(34)15-7-5-6-8-16(15)22(32)35)9-31(4)11-17-25(36)24(2,3)26(25,37)23(38-17)33-13-30-18-19(27)28-12-29-20(18)33/h5-8,12-13,17,23,36-37H,1,9-11H2,2-4H3,(H2,27,28,29)/t17-,23-,25+,26-/m1/s1. The van der Waals surface area contributed by atoms with E-state index in [1.807, 2.05) is 11.9 Å². The molecule has 4 N–H and O–H groups in total. The summed E-state index contributed by atoms with van der Waals surface area (Å²) in [6, 6.07) is 6.73. The van der Waals surface area contributed by atoms with Gasteiger partial charge in [-0.15, -0.1) is 0 Å². The average Bonchev–Trinajstić information content (AvgIpc) is 3.31. The predicted octanol–water partition coefficient (Wildman–Crippen LogP) is 0.592. The number of fused-ring (bicyclic) bond motifs is 3. The first-order chi connectivity index (χ1) is 17.9. The Bertz CT molecular complexity index is 1480. The number of ether oxygens (including phenoxy) is 1. The van der Waals surface area contributed by atoms with Gasteiger partial charge in [-0.25, -0.2) is 15.0 Å². The van der Waals surface area contributed by atoms with Gasteiger partial charge >= 0.3 is 0 Å². The molecule has 1 aliphatic carbocycles. The summed E-state index contributed by atoms with van der Waals surface area (Å²) in [6.07, 6.45) is 1.07. The molecular weight excluding hydrogens is 490 g/mol. The zero-order valence-electron chi connectivity index (χ0n) is 21.3. The maximum Gasteiger partial charge on any atom is 0.261 e. The Kier molecular flexibility index (Phi) is 5.12. The van der Waals surface area contributed by atoms with Crippen LogP contribution in [0.25, 0.3) is 11.2 Å². The Morgan fingerprint density at radius 2 is 1.79 bits per heavy atom. The number of carbonyl (C=O) groups excluding carboxylic acids is 2. The zero-order chi connectivity index (χ0) is 27.2. The summed E-state index contributed by atoms with van der Waals surface area (Å²) in [5, 5.41) is 23.4. The summed E-state index contributed by atoms with van der Waals surface area (Å²) in [7, 11) is 1.82. The summed E-state index contributed by atoms with van der Waals surface area (Å²) in [6.45, 7) is 8.32. The highest BCUT2D eigenvalue weighted by Crippen LogP contribution is 2.75. The van der Waals surface area contributed by atoms with Crippen molar-refractivity contribution in [1.82, 2.24) is 29.3 Å². The molecule has 1 saturated carbocycles. The lowest BCUT2D eigenvalue weighted by Gasteiger charge is -2.30. The second-order valence-electron chi connectivity index (χ2n) is 10.9. The van der Waals surface area contributed by atoms with E-state index in [0.29, 0.717) is 34.4 Å². The number of aliphatic hydroxyl groups is 2. The van der Waals surface area contributed by atoms with Crippen molar-refractivity contribution in [3.05, 3.63) is 60.2 Å². The minimum atomic E-state index is -1.60. The van der Waals surface area contributed by atoms with Gasteiger partial charge in [0, 0.05) is 18.5 Å².